The third kappa shape index (κ3) is 7.48. The Morgan fingerprint density at radius 1 is 1.04 bits per heavy atom. The molecule has 2 amide bonds. The number of rotatable bonds is 12. The van der Waals surface area contributed by atoms with Crippen LogP contribution in [0.5, 0.6) is 11.5 Å². The highest BCUT2D eigenvalue weighted by atomic mass is 16.5. The quantitative estimate of drug-likeness (QED) is 0.189. The zero-order chi connectivity index (χ0) is 33.0. The Bertz CT molecular complexity index is 1790. The number of aromatic nitrogens is 2. The highest BCUT2D eigenvalue weighted by Crippen LogP contribution is 2.52. The van der Waals surface area contributed by atoms with Gasteiger partial charge in [0.2, 0.25) is 5.91 Å². The molecule has 3 aromatic carbocycles. The van der Waals surface area contributed by atoms with Gasteiger partial charge >= 0.3 is 5.97 Å². The molecule has 1 saturated carbocycles. The van der Waals surface area contributed by atoms with Gasteiger partial charge < -0.3 is 24.8 Å². The fourth-order valence-corrected chi connectivity index (χ4v) is 5.90. The summed E-state index contributed by atoms with van der Waals surface area (Å²) in [5.74, 6) is 0.331. The summed E-state index contributed by atoms with van der Waals surface area (Å²) < 4.78 is 14.3. The average molecular weight is 637 g/mol. The van der Waals surface area contributed by atoms with E-state index in [2.05, 4.69) is 23.4 Å². The van der Waals surface area contributed by atoms with Gasteiger partial charge in [0.15, 0.2) is 5.75 Å². The molecule has 2 aliphatic rings. The number of nitrogens with one attached hydrogen (secondary N) is 1. The molecule has 47 heavy (non-hydrogen) atoms. The number of hydrogen-bond acceptors (Lipinski definition) is 6. The number of nitrogens with zero attached hydrogens (tertiary/aromatic N) is 3. The highest BCUT2D eigenvalue weighted by molar-refractivity contribution is 5.97. The van der Waals surface area contributed by atoms with Crippen molar-refractivity contribution in [1.82, 2.24) is 15.1 Å². The Labute approximate surface area is 274 Å². The molecule has 10 nitrogen and oxygen atoms in total. The van der Waals surface area contributed by atoms with E-state index in [0.717, 1.165) is 46.5 Å². The summed E-state index contributed by atoms with van der Waals surface area (Å²) in [7, 11) is 0. The number of benzene rings is 3. The van der Waals surface area contributed by atoms with Gasteiger partial charge in [-0.2, -0.15) is 5.10 Å². The van der Waals surface area contributed by atoms with Crippen molar-refractivity contribution < 1.29 is 29.0 Å². The van der Waals surface area contributed by atoms with Crippen molar-refractivity contribution in [3.05, 3.63) is 95.3 Å². The number of hydrogen-bond donors (Lipinski definition) is 2. The first-order valence-electron chi connectivity index (χ1n) is 16.1. The van der Waals surface area contributed by atoms with E-state index in [1.165, 1.54) is 5.56 Å². The zero-order valence-corrected chi connectivity index (χ0v) is 26.8. The van der Waals surface area contributed by atoms with Gasteiger partial charge in [0.25, 0.3) is 5.91 Å². The van der Waals surface area contributed by atoms with Crippen LogP contribution in [-0.4, -0.2) is 59.0 Å². The summed E-state index contributed by atoms with van der Waals surface area (Å²) in [5, 5.41) is 16.1. The molecule has 0 saturated heterocycles. The lowest BCUT2D eigenvalue weighted by molar-refractivity contribution is -0.136. The van der Waals surface area contributed by atoms with E-state index in [1.54, 1.807) is 29.1 Å². The number of carbonyl (C=O) groups excluding carboxylic acids is 2. The van der Waals surface area contributed by atoms with E-state index in [0.29, 0.717) is 50.5 Å². The lowest BCUT2D eigenvalue weighted by atomic mass is 10.1. The van der Waals surface area contributed by atoms with Gasteiger partial charge in [0.1, 0.15) is 5.75 Å². The van der Waals surface area contributed by atoms with Crippen LogP contribution < -0.4 is 19.7 Å². The van der Waals surface area contributed by atoms with Crippen molar-refractivity contribution in [3.63, 3.8) is 0 Å². The standard InChI is InChI=1S/C37H40N4O6/c1-25-7-3-12-32(26(25)2)46-18-6-13-33(42)41-23-37(15-16-37)24-47-35-30(10-5-11-31(35)41)29-20-39-40(22-29)21-27-8-4-9-28(19-27)36(45)38-17-14-34(43)44/h3-5,7-12,19-20,22H,6,13-18,21,23-24H2,1-2H3,(H,38,45)(H,43,44). The second-order valence-corrected chi connectivity index (χ2v) is 12.6. The van der Waals surface area contributed by atoms with Crippen molar-refractivity contribution in [2.24, 2.45) is 5.41 Å². The molecule has 0 atom stereocenters. The molecule has 2 heterocycles. The SMILES string of the molecule is Cc1cccc(OCCCC(=O)N2CC3(CC3)COc3c(-c4cnn(Cc5cccc(C(=O)NCCC(=O)O)c5)c4)cccc32)c1C. The second-order valence-electron chi connectivity index (χ2n) is 12.6. The third-order valence-electron chi connectivity index (χ3n) is 9.01. The Hall–Kier alpha value is -5.12. The van der Waals surface area contributed by atoms with Crippen LogP contribution in [0.4, 0.5) is 5.69 Å². The lowest BCUT2D eigenvalue weighted by Gasteiger charge is -2.25. The van der Waals surface area contributed by atoms with Crippen LogP contribution in [-0.2, 0) is 16.1 Å². The molecule has 10 heteroatoms. The van der Waals surface area contributed by atoms with Crippen LogP contribution in [0.3, 0.4) is 0 Å². The van der Waals surface area contributed by atoms with Gasteiger partial charge in [-0.1, -0.05) is 36.4 Å². The van der Waals surface area contributed by atoms with Crippen molar-refractivity contribution in [1.29, 1.82) is 0 Å². The van der Waals surface area contributed by atoms with E-state index >= 15 is 0 Å². The van der Waals surface area contributed by atoms with E-state index in [9.17, 15) is 14.4 Å². The molecule has 1 aromatic heterocycles. The number of ether oxygens (including phenoxy) is 2. The maximum absolute atomic E-state index is 13.7. The predicted molar refractivity (Wildman–Crippen MR) is 178 cm³/mol. The van der Waals surface area contributed by atoms with E-state index in [1.807, 2.05) is 54.4 Å². The summed E-state index contributed by atoms with van der Waals surface area (Å²) in [4.78, 5) is 38.9. The van der Waals surface area contributed by atoms with Crippen LogP contribution in [0, 0.1) is 19.3 Å². The number of aryl methyl sites for hydroxylation is 1. The minimum Gasteiger partial charge on any atom is -0.493 e. The van der Waals surface area contributed by atoms with Gasteiger partial charge in [-0.3, -0.25) is 19.1 Å². The smallest absolute Gasteiger partial charge is 0.305 e. The number of aliphatic carboxylic acids is 1. The average Bonchev–Trinajstić information content (AvgIpc) is 3.72. The fraction of sp³-hybridized carbons (Fsp3) is 0.351. The van der Waals surface area contributed by atoms with Crippen LogP contribution in [0.2, 0.25) is 0 Å². The van der Waals surface area contributed by atoms with Crippen molar-refractivity contribution in [2.45, 2.75) is 52.5 Å². The van der Waals surface area contributed by atoms with Crippen LogP contribution >= 0.6 is 0 Å². The molecule has 244 valence electrons. The molecule has 1 spiro atoms. The van der Waals surface area contributed by atoms with Crippen LogP contribution in [0.25, 0.3) is 11.1 Å². The molecule has 1 aliphatic heterocycles. The fourth-order valence-electron chi connectivity index (χ4n) is 5.90. The maximum Gasteiger partial charge on any atom is 0.305 e. The molecule has 0 unspecified atom stereocenters. The van der Waals surface area contributed by atoms with Gasteiger partial charge in [-0.25, -0.2) is 0 Å². The number of para-hydroxylation sites is 1. The number of amides is 2. The van der Waals surface area contributed by atoms with E-state index < -0.39 is 5.97 Å². The van der Waals surface area contributed by atoms with Crippen molar-refractivity contribution in [3.8, 4) is 22.6 Å². The van der Waals surface area contributed by atoms with Crippen molar-refractivity contribution in [2.75, 3.05) is 31.2 Å². The molecular weight excluding hydrogens is 596 g/mol. The summed E-state index contributed by atoms with van der Waals surface area (Å²) in [6.07, 6.45) is 6.64. The summed E-state index contributed by atoms with van der Waals surface area (Å²) >= 11 is 0. The first-order valence-corrected chi connectivity index (χ1v) is 16.1. The summed E-state index contributed by atoms with van der Waals surface area (Å²) in [6, 6.07) is 19.1. The minimum absolute atomic E-state index is 0.0176. The lowest BCUT2D eigenvalue weighted by Crippen LogP contribution is -2.36. The number of fused-ring (bicyclic) bond motifs is 1. The van der Waals surface area contributed by atoms with Gasteiger partial charge in [0.05, 0.1) is 38.1 Å². The van der Waals surface area contributed by atoms with Gasteiger partial charge in [0, 0.05) is 47.8 Å². The number of anilines is 1. The van der Waals surface area contributed by atoms with Gasteiger partial charge in [-0.05, 0) is 74.1 Å². The highest BCUT2D eigenvalue weighted by Gasteiger charge is 2.48. The van der Waals surface area contributed by atoms with E-state index in [-0.39, 0.29) is 30.2 Å². The number of carboxylic acid groups (broad SMARTS) is 1. The molecular formula is C37H40N4O6. The number of carboxylic acids is 1. The Balaban J connectivity index is 1.15. The third-order valence-corrected chi connectivity index (χ3v) is 9.01. The molecule has 2 N–H and O–H groups in total. The molecule has 1 aliphatic carbocycles. The first-order chi connectivity index (χ1) is 22.7. The normalized spacial score (nSPS) is 14.6. The van der Waals surface area contributed by atoms with Gasteiger partial charge in [-0.15, -0.1) is 0 Å². The Morgan fingerprint density at radius 3 is 2.66 bits per heavy atom. The molecule has 4 aromatic rings. The minimum atomic E-state index is -0.963. The summed E-state index contributed by atoms with van der Waals surface area (Å²) in [6.45, 7) is 6.28. The second kappa shape index (κ2) is 13.7. The molecule has 0 bridgehead atoms. The maximum atomic E-state index is 13.7. The molecule has 6 rings (SSSR count). The monoisotopic (exact) mass is 636 g/mol. The molecule has 1 fully saturated rings. The summed E-state index contributed by atoms with van der Waals surface area (Å²) in [5.41, 5.74) is 6.13. The van der Waals surface area contributed by atoms with Crippen molar-refractivity contribution >= 4 is 23.5 Å². The number of carbonyl (C=O) groups is 3. The predicted octanol–water partition coefficient (Wildman–Crippen LogP) is 5.78. The van der Waals surface area contributed by atoms with E-state index in [4.69, 9.17) is 14.6 Å². The van der Waals surface area contributed by atoms with Crippen LogP contribution in [0.1, 0.15) is 59.2 Å². The Kier molecular flexibility index (Phi) is 9.29. The zero-order valence-electron chi connectivity index (χ0n) is 26.8. The topological polar surface area (TPSA) is 123 Å². The molecule has 0 radical (unpaired) electrons. The van der Waals surface area contributed by atoms with Crippen LogP contribution in [0.15, 0.2) is 73.1 Å². The largest absolute Gasteiger partial charge is 0.493 e. The Morgan fingerprint density at radius 2 is 1.85 bits per heavy atom. The first kappa shape index (κ1) is 31.8.